The van der Waals surface area contributed by atoms with E-state index in [1.54, 1.807) is 12.1 Å². The molecule has 0 fully saturated rings. The standard InChI is InChI=1S/C15H12F3NO2/c1-21-12-7-3-6-11(14(19)20)13(12)9-4-2-5-10(8-9)15(16,17)18/h2-8H,1H3,(H2,19,20). The Hall–Kier alpha value is -2.50. The molecule has 0 aliphatic heterocycles. The number of hydrogen-bond acceptors (Lipinski definition) is 2. The van der Waals surface area contributed by atoms with Crippen molar-refractivity contribution in [1.82, 2.24) is 0 Å². The Labute approximate surface area is 119 Å². The van der Waals surface area contributed by atoms with Gasteiger partial charge in [-0.1, -0.05) is 18.2 Å². The van der Waals surface area contributed by atoms with Crippen molar-refractivity contribution in [3.8, 4) is 16.9 Å². The number of halogens is 3. The summed E-state index contributed by atoms with van der Waals surface area (Å²) in [6.45, 7) is 0. The summed E-state index contributed by atoms with van der Waals surface area (Å²) in [6, 6.07) is 9.22. The molecule has 2 aromatic carbocycles. The Kier molecular flexibility index (Phi) is 3.88. The number of carbonyl (C=O) groups is 1. The topological polar surface area (TPSA) is 52.3 Å². The minimum absolute atomic E-state index is 0.105. The predicted molar refractivity (Wildman–Crippen MR) is 71.9 cm³/mol. The van der Waals surface area contributed by atoms with Crippen LogP contribution in [0.15, 0.2) is 42.5 Å². The van der Waals surface area contributed by atoms with E-state index in [0.717, 1.165) is 12.1 Å². The first kappa shape index (κ1) is 14.9. The summed E-state index contributed by atoms with van der Waals surface area (Å²) in [5, 5.41) is 0. The number of alkyl halides is 3. The molecule has 6 heteroatoms. The van der Waals surface area contributed by atoms with Gasteiger partial charge in [0, 0.05) is 5.56 Å². The summed E-state index contributed by atoms with van der Waals surface area (Å²) in [7, 11) is 1.37. The smallest absolute Gasteiger partial charge is 0.416 e. The van der Waals surface area contributed by atoms with Crippen LogP contribution < -0.4 is 10.5 Å². The molecular weight excluding hydrogens is 283 g/mol. The lowest BCUT2D eigenvalue weighted by molar-refractivity contribution is -0.137. The summed E-state index contributed by atoms with van der Waals surface area (Å²) >= 11 is 0. The number of benzene rings is 2. The summed E-state index contributed by atoms with van der Waals surface area (Å²) < 4.78 is 43.5. The number of primary amides is 1. The van der Waals surface area contributed by atoms with Crippen molar-refractivity contribution in [2.45, 2.75) is 6.18 Å². The van der Waals surface area contributed by atoms with Crippen LogP contribution in [0.3, 0.4) is 0 Å². The van der Waals surface area contributed by atoms with Gasteiger partial charge in [-0.15, -0.1) is 0 Å². The highest BCUT2D eigenvalue weighted by molar-refractivity contribution is 6.01. The third kappa shape index (κ3) is 2.99. The van der Waals surface area contributed by atoms with Gasteiger partial charge in [0.2, 0.25) is 5.91 Å². The Morgan fingerprint density at radius 2 is 1.81 bits per heavy atom. The van der Waals surface area contributed by atoms with E-state index >= 15 is 0 Å². The zero-order valence-corrected chi connectivity index (χ0v) is 11.1. The molecule has 0 aromatic heterocycles. The second-order valence-electron chi connectivity index (χ2n) is 4.33. The van der Waals surface area contributed by atoms with E-state index in [0.29, 0.717) is 0 Å². The number of hydrogen-bond donors (Lipinski definition) is 1. The van der Waals surface area contributed by atoms with Gasteiger partial charge in [-0.05, 0) is 29.8 Å². The van der Waals surface area contributed by atoms with E-state index < -0.39 is 17.6 Å². The van der Waals surface area contributed by atoms with Crippen molar-refractivity contribution >= 4 is 5.91 Å². The molecule has 2 aromatic rings. The number of ether oxygens (including phenoxy) is 1. The summed E-state index contributed by atoms with van der Waals surface area (Å²) in [5.74, 6) is -0.452. The van der Waals surface area contributed by atoms with E-state index in [4.69, 9.17) is 10.5 Å². The van der Waals surface area contributed by atoms with Gasteiger partial charge >= 0.3 is 6.18 Å². The minimum atomic E-state index is -4.47. The third-order valence-corrected chi connectivity index (χ3v) is 2.99. The maximum absolute atomic E-state index is 12.8. The molecule has 0 spiro atoms. The molecule has 3 nitrogen and oxygen atoms in total. The van der Waals surface area contributed by atoms with Crippen LogP contribution >= 0.6 is 0 Å². The number of rotatable bonds is 3. The van der Waals surface area contributed by atoms with Crippen molar-refractivity contribution in [3.63, 3.8) is 0 Å². The normalized spacial score (nSPS) is 11.2. The van der Waals surface area contributed by atoms with Gasteiger partial charge in [-0.3, -0.25) is 4.79 Å². The highest BCUT2D eigenvalue weighted by atomic mass is 19.4. The first-order valence-electron chi connectivity index (χ1n) is 5.99. The Morgan fingerprint density at radius 3 is 2.38 bits per heavy atom. The summed E-state index contributed by atoms with van der Waals surface area (Å²) in [5.41, 5.74) is 5.05. The molecule has 21 heavy (non-hydrogen) atoms. The number of amides is 1. The lowest BCUT2D eigenvalue weighted by Crippen LogP contribution is -2.13. The van der Waals surface area contributed by atoms with Crippen LogP contribution in [-0.4, -0.2) is 13.0 Å². The lowest BCUT2D eigenvalue weighted by atomic mass is 9.96. The molecule has 0 aliphatic carbocycles. The number of carbonyl (C=O) groups excluding carboxylic acids is 1. The average molecular weight is 295 g/mol. The Balaban J connectivity index is 2.69. The third-order valence-electron chi connectivity index (χ3n) is 2.99. The average Bonchev–Trinajstić information content (AvgIpc) is 2.45. The van der Waals surface area contributed by atoms with Crippen molar-refractivity contribution in [1.29, 1.82) is 0 Å². The fraction of sp³-hybridized carbons (Fsp3) is 0.133. The largest absolute Gasteiger partial charge is 0.496 e. The zero-order chi connectivity index (χ0) is 15.6. The maximum Gasteiger partial charge on any atom is 0.416 e. The van der Waals surface area contributed by atoms with E-state index in [9.17, 15) is 18.0 Å². The molecule has 0 saturated heterocycles. The van der Waals surface area contributed by atoms with Crippen molar-refractivity contribution in [2.24, 2.45) is 5.73 Å². The van der Waals surface area contributed by atoms with Gasteiger partial charge in [0.05, 0.1) is 18.2 Å². The first-order chi connectivity index (χ1) is 9.84. The van der Waals surface area contributed by atoms with Crippen LogP contribution in [0.25, 0.3) is 11.1 Å². The monoisotopic (exact) mass is 295 g/mol. The fourth-order valence-electron chi connectivity index (χ4n) is 2.06. The van der Waals surface area contributed by atoms with Crippen LogP contribution in [0.4, 0.5) is 13.2 Å². The molecular formula is C15H12F3NO2. The zero-order valence-electron chi connectivity index (χ0n) is 11.1. The van der Waals surface area contributed by atoms with Crippen LogP contribution in [0.1, 0.15) is 15.9 Å². The maximum atomic E-state index is 12.8. The van der Waals surface area contributed by atoms with Crippen molar-refractivity contribution in [3.05, 3.63) is 53.6 Å². The van der Waals surface area contributed by atoms with E-state index in [-0.39, 0.29) is 22.4 Å². The SMILES string of the molecule is COc1cccc(C(N)=O)c1-c1cccc(C(F)(F)F)c1. The molecule has 1 amide bonds. The second kappa shape index (κ2) is 5.47. The highest BCUT2D eigenvalue weighted by Crippen LogP contribution is 2.37. The minimum Gasteiger partial charge on any atom is -0.496 e. The van der Waals surface area contributed by atoms with E-state index in [1.807, 2.05) is 0 Å². The van der Waals surface area contributed by atoms with Gasteiger partial charge in [0.1, 0.15) is 5.75 Å². The van der Waals surface area contributed by atoms with Crippen LogP contribution in [-0.2, 0) is 6.18 Å². The quantitative estimate of drug-likeness (QED) is 0.942. The first-order valence-corrected chi connectivity index (χ1v) is 5.99. The van der Waals surface area contributed by atoms with Gasteiger partial charge in [0.15, 0.2) is 0 Å². The molecule has 0 aliphatic rings. The van der Waals surface area contributed by atoms with Crippen LogP contribution in [0.2, 0.25) is 0 Å². The molecule has 2 N–H and O–H groups in total. The fourth-order valence-corrected chi connectivity index (χ4v) is 2.06. The lowest BCUT2D eigenvalue weighted by Gasteiger charge is -2.14. The van der Waals surface area contributed by atoms with Crippen molar-refractivity contribution in [2.75, 3.05) is 7.11 Å². The molecule has 110 valence electrons. The van der Waals surface area contributed by atoms with Gasteiger partial charge in [-0.25, -0.2) is 0 Å². The molecule has 0 atom stereocenters. The van der Waals surface area contributed by atoms with Gasteiger partial charge < -0.3 is 10.5 Å². The molecule has 0 unspecified atom stereocenters. The molecule has 0 saturated carbocycles. The Bertz CT molecular complexity index is 681. The van der Waals surface area contributed by atoms with E-state index in [2.05, 4.69) is 0 Å². The molecule has 2 rings (SSSR count). The molecule has 0 bridgehead atoms. The summed E-state index contributed by atoms with van der Waals surface area (Å²) in [6.07, 6.45) is -4.47. The molecule has 0 heterocycles. The number of nitrogens with two attached hydrogens (primary N) is 1. The predicted octanol–water partition coefficient (Wildman–Crippen LogP) is 3.48. The highest BCUT2D eigenvalue weighted by Gasteiger charge is 2.31. The van der Waals surface area contributed by atoms with Gasteiger partial charge in [0.25, 0.3) is 0 Å². The number of methoxy groups -OCH3 is 1. The Morgan fingerprint density at radius 1 is 1.14 bits per heavy atom. The van der Waals surface area contributed by atoms with E-state index in [1.165, 1.54) is 25.3 Å². The van der Waals surface area contributed by atoms with Crippen LogP contribution in [0.5, 0.6) is 5.75 Å². The van der Waals surface area contributed by atoms with Gasteiger partial charge in [-0.2, -0.15) is 13.2 Å². The second-order valence-corrected chi connectivity index (χ2v) is 4.33. The summed E-state index contributed by atoms with van der Waals surface area (Å²) in [4.78, 5) is 11.5. The van der Waals surface area contributed by atoms with Crippen LogP contribution in [0, 0.1) is 0 Å². The molecule has 0 radical (unpaired) electrons. The van der Waals surface area contributed by atoms with Crippen molar-refractivity contribution < 1.29 is 22.7 Å².